The zero-order valence-electron chi connectivity index (χ0n) is 6.16. The highest BCUT2D eigenvalue weighted by molar-refractivity contribution is 5.97. The molecule has 1 fully saturated rings. The zero-order valence-corrected chi connectivity index (χ0v) is 6.16. The van der Waals surface area contributed by atoms with Gasteiger partial charge in [0.2, 0.25) is 5.91 Å². The van der Waals surface area contributed by atoms with Gasteiger partial charge in [0.05, 0.1) is 0 Å². The van der Waals surface area contributed by atoms with Gasteiger partial charge in [-0.15, -0.1) is 0 Å². The predicted molar refractivity (Wildman–Crippen MR) is 37.3 cm³/mol. The minimum absolute atomic E-state index is 0.0513. The molecular weight excluding hydrogens is 164 g/mol. The summed E-state index contributed by atoms with van der Waals surface area (Å²) >= 11 is 0. The molecule has 12 heavy (non-hydrogen) atoms. The van der Waals surface area contributed by atoms with Gasteiger partial charge < -0.3 is 10.4 Å². The summed E-state index contributed by atoms with van der Waals surface area (Å²) in [6, 6.07) is -1.71. The van der Waals surface area contributed by atoms with E-state index in [2.05, 4.69) is 5.32 Å². The second-order valence-electron chi connectivity index (χ2n) is 2.45. The summed E-state index contributed by atoms with van der Waals surface area (Å²) in [6.07, 6.45) is 0.183. The number of hydrogen-bond acceptors (Lipinski definition) is 3. The molecule has 1 saturated heterocycles. The Bertz CT molecular complexity index is 238. The van der Waals surface area contributed by atoms with Gasteiger partial charge >= 0.3 is 12.0 Å². The van der Waals surface area contributed by atoms with Crippen molar-refractivity contribution in [1.82, 2.24) is 10.6 Å². The molecule has 1 heterocycles. The number of carboxylic acid groups (broad SMARTS) is 1. The van der Waals surface area contributed by atoms with Gasteiger partial charge in [0.1, 0.15) is 6.04 Å². The lowest BCUT2D eigenvalue weighted by atomic mass is 10.1. The van der Waals surface area contributed by atoms with E-state index in [0.717, 1.165) is 0 Å². The van der Waals surface area contributed by atoms with Gasteiger partial charge in [-0.3, -0.25) is 10.1 Å². The Balaban J connectivity index is 2.64. The summed E-state index contributed by atoms with van der Waals surface area (Å²) < 4.78 is 0. The molecule has 66 valence electrons. The monoisotopic (exact) mass is 172 g/mol. The average Bonchev–Trinajstić information content (AvgIpc) is 2.11. The first-order chi connectivity index (χ1) is 5.59. The van der Waals surface area contributed by atoms with Crippen molar-refractivity contribution in [3.63, 3.8) is 0 Å². The lowest BCUT2D eigenvalue weighted by Gasteiger charge is -2.07. The lowest BCUT2D eigenvalue weighted by molar-refractivity contribution is -0.139. The summed E-state index contributed by atoms with van der Waals surface area (Å²) in [5.41, 5.74) is 0. The Kier molecular flexibility index (Phi) is 2.27. The highest BCUT2D eigenvalue weighted by Crippen LogP contribution is 2.01. The fraction of sp³-hybridized carbons (Fsp3) is 0.500. The average molecular weight is 172 g/mol. The molecule has 1 atom stereocenters. The van der Waals surface area contributed by atoms with Crippen LogP contribution in [0.5, 0.6) is 0 Å². The second kappa shape index (κ2) is 3.21. The number of amides is 3. The SMILES string of the molecule is O=C1CCC(C(=O)O)NC(=O)N1. The molecule has 1 rings (SSSR count). The van der Waals surface area contributed by atoms with Crippen LogP contribution in [0.1, 0.15) is 12.8 Å². The van der Waals surface area contributed by atoms with Crippen molar-refractivity contribution >= 4 is 17.9 Å². The summed E-state index contributed by atoms with van der Waals surface area (Å²) in [4.78, 5) is 31.8. The number of hydrogen-bond donors (Lipinski definition) is 3. The quantitative estimate of drug-likeness (QED) is 0.475. The van der Waals surface area contributed by atoms with Gasteiger partial charge in [0, 0.05) is 6.42 Å². The van der Waals surface area contributed by atoms with Crippen LogP contribution in [0.2, 0.25) is 0 Å². The van der Waals surface area contributed by atoms with E-state index in [1.54, 1.807) is 0 Å². The van der Waals surface area contributed by atoms with Crippen molar-refractivity contribution in [1.29, 1.82) is 0 Å². The maximum absolute atomic E-state index is 10.7. The Hall–Kier alpha value is -1.59. The first-order valence-corrected chi connectivity index (χ1v) is 3.43. The van der Waals surface area contributed by atoms with Crippen LogP contribution in [0.3, 0.4) is 0 Å². The summed E-state index contributed by atoms with van der Waals surface area (Å²) in [5.74, 6) is -1.57. The van der Waals surface area contributed by atoms with Crippen LogP contribution in [0, 0.1) is 0 Å². The normalized spacial score (nSPS) is 23.8. The van der Waals surface area contributed by atoms with Gasteiger partial charge in [-0.25, -0.2) is 9.59 Å². The molecule has 0 aromatic heterocycles. The van der Waals surface area contributed by atoms with E-state index in [1.807, 2.05) is 5.32 Å². The summed E-state index contributed by atoms with van der Waals surface area (Å²) in [7, 11) is 0. The van der Waals surface area contributed by atoms with Crippen molar-refractivity contribution in [3.05, 3.63) is 0 Å². The van der Waals surface area contributed by atoms with Crippen LogP contribution in [0.25, 0.3) is 0 Å². The van der Waals surface area contributed by atoms with Crippen molar-refractivity contribution in [3.8, 4) is 0 Å². The molecule has 0 aliphatic carbocycles. The molecule has 0 aromatic rings. The van der Waals surface area contributed by atoms with Crippen LogP contribution < -0.4 is 10.6 Å². The molecule has 3 amide bonds. The van der Waals surface area contributed by atoms with Crippen LogP contribution in [-0.4, -0.2) is 29.1 Å². The summed E-state index contributed by atoms with van der Waals surface area (Å²) in [5, 5.41) is 12.6. The number of aliphatic carboxylic acids is 1. The number of carboxylic acids is 1. The maximum Gasteiger partial charge on any atom is 0.326 e. The molecule has 0 aromatic carbocycles. The molecule has 1 unspecified atom stereocenters. The standard InChI is InChI=1S/C6H8N2O4/c9-4-2-1-3(5(10)11)7-6(12)8-4/h3H,1-2H2,(H,10,11)(H2,7,8,9,12). The van der Waals surface area contributed by atoms with E-state index in [4.69, 9.17) is 5.11 Å². The third-order valence-electron chi connectivity index (χ3n) is 1.52. The number of urea groups is 1. The molecular formula is C6H8N2O4. The Morgan fingerprint density at radius 2 is 2.17 bits per heavy atom. The molecule has 6 heteroatoms. The van der Waals surface area contributed by atoms with Crippen molar-refractivity contribution in [2.75, 3.05) is 0 Å². The van der Waals surface area contributed by atoms with Crippen molar-refractivity contribution < 1.29 is 19.5 Å². The van der Waals surface area contributed by atoms with E-state index in [-0.39, 0.29) is 12.8 Å². The number of imide groups is 1. The Labute approximate surface area is 67.9 Å². The smallest absolute Gasteiger partial charge is 0.326 e. The number of nitrogens with one attached hydrogen (secondary N) is 2. The molecule has 1 aliphatic rings. The zero-order chi connectivity index (χ0) is 9.14. The van der Waals surface area contributed by atoms with Gasteiger partial charge in [0.25, 0.3) is 0 Å². The lowest BCUT2D eigenvalue weighted by Crippen LogP contribution is -2.43. The molecule has 0 saturated carbocycles. The van der Waals surface area contributed by atoms with Crippen molar-refractivity contribution in [2.45, 2.75) is 18.9 Å². The van der Waals surface area contributed by atoms with Gasteiger partial charge in [-0.2, -0.15) is 0 Å². The highest BCUT2D eigenvalue weighted by atomic mass is 16.4. The van der Waals surface area contributed by atoms with E-state index < -0.39 is 23.9 Å². The van der Waals surface area contributed by atoms with Crippen LogP contribution in [-0.2, 0) is 9.59 Å². The number of carbonyl (C=O) groups is 3. The molecule has 6 nitrogen and oxygen atoms in total. The summed E-state index contributed by atoms with van der Waals surface area (Å²) in [6.45, 7) is 0. The molecule has 0 radical (unpaired) electrons. The van der Waals surface area contributed by atoms with E-state index in [0.29, 0.717) is 0 Å². The number of rotatable bonds is 1. The van der Waals surface area contributed by atoms with E-state index >= 15 is 0 Å². The second-order valence-corrected chi connectivity index (χ2v) is 2.45. The van der Waals surface area contributed by atoms with Crippen LogP contribution >= 0.6 is 0 Å². The maximum atomic E-state index is 10.7. The van der Waals surface area contributed by atoms with Gasteiger partial charge in [0.15, 0.2) is 0 Å². The molecule has 3 N–H and O–H groups in total. The van der Waals surface area contributed by atoms with Gasteiger partial charge in [-0.1, -0.05) is 0 Å². The molecule has 0 spiro atoms. The van der Waals surface area contributed by atoms with Crippen LogP contribution in [0.4, 0.5) is 4.79 Å². The fourth-order valence-corrected chi connectivity index (χ4v) is 0.916. The first kappa shape index (κ1) is 8.51. The Morgan fingerprint density at radius 3 is 2.75 bits per heavy atom. The highest BCUT2D eigenvalue weighted by Gasteiger charge is 2.25. The minimum Gasteiger partial charge on any atom is -0.480 e. The van der Waals surface area contributed by atoms with Crippen LogP contribution in [0.15, 0.2) is 0 Å². The minimum atomic E-state index is -1.13. The molecule has 1 aliphatic heterocycles. The largest absolute Gasteiger partial charge is 0.480 e. The van der Waals surface area contributed by atoms with E-state index in [9.17, 15) is 14.4 Å². The third-order valence-corrected chi connectivity index (χ3v) is 1.52. The van der Waals surface area contributed by atoms with Gasteiger partial charge in [-0.05, 0) is 6.42 Å². The molecule has 0 bridgehead atoms. The first-order valence-electron chi connectivity index (χ1n) is 3.43. The van der Waals surface area contributed by atoms with E-state index in [1.165, 1.54) is 0 Å². The predicted octanol–water partition coefficient (Wildman–Crippen LogP) is -0.941. The Morgan fingerprint density at radius 1 is 1.50 bits per heavy atom. The fourth-order valence-electron chi connectivity index (χ4n) is 0.916. The van der Waals surface area contributed by atoms with Crippen molar-refractivity contribution in [2.24, 2.45) is 0 Å². The topological polar surface area (TPSA) is 95.5 Å². The third kappa shape index (κ3) is 1.94. The number of carbonyl (C=O) groups excluding carboxylic acids is 2.